The van der Waals surface area contributed by atoms with E-state index in [4.69, 9.17) is 27.9 Å². The molecule has 2 saturated heterocycles. The largest absolute Gasteiger partial charge is 0.487 e. The fourth-order valence-electron chi connectivity index (χ4n) is 5.07. The molecule has 1 aromatic heterocycles. The molecule has 1 amide bonds. The molecule has 2 aromatic carbocycles. The van der Waals surface area contributed by atoms with Crippen LogP contribution in [0.4, 0.5) is 0 Å². The van der Waals surface area contributed by atoms with Crippen LogP contribution < -0.4 is 15.4 Å². The van der Waals surface area contributed by atoms with Crippen LogP contribution in [0.5, 0.6) is 5.75 Å². The quantitative estimate of drug-likeness (QED) is 0.431. The van der Waals surface area contributed by atoms with E-state index in [0.717, 1.165) is 37.0 Å². The first kappa shape index (κ1) is 27.1. The number of hydrogen-bond acceptors (Lipinski definition) is 6. The molecule has 1 atom stereocenters. The van der Waals surface area contributed by atoms with Crippen molar-refractivity contribution in [2.75, 3.05) is 19.6 Å². The van der Waals surface area contributed by atoms with Crippen molar-refractivity contribution in [2.24, 2.45) is 0 Å². The molecular weight excluding hydrogens is 547 g/mol. The predicted octanol–water partition coefficient (Wildman–Crippen LogP) is 4.45. The number of sulfonamides is 1. The van der Waals surface area contributed by atoms with Crippen LogP contribution in [0.2, 0.25) is 10.0 Å². The van der Waals surface area contributed by atoms with Crippen molar-refractivity contribution in [3.63, 3.8) is 0 Å². The Morgan fingerprint density at radius 1 is 1.13 bits per heavy atom. The van der Waals surface area contributed by atoms with Gasteiger partial charge in [-0.1, -0.05) is 41.4 Å². The van der Waals surface area contributed by atoms with Gasteiger partial charge < -0.3 is 15.4 Å². The van der Waals surface area contributed by atoms with Gasteiger partial charge in [0.05, 0.1) is 5.02 Å². The van der Waals surface area contributed by atoms with Crippen molar-refractivity contribution in [3.05, 3.63) is 63.8 Å². The highest BCUT2D eigenvalue weighted by Gasteiger charge is 2.41. The van der Waals surface area contributed by atoms with Gasteiger partial charge in [-0.2, -0.15) is 4.31 Å². The molecule has 0 radical (unpaired) electrons. The van der Waals surface area contributed by atoms with Crippen molar-refractivity contribution in [1.29, 1.82) is 0 Å². The molecule has 8 nitrogen and oxygen atoms in total. The van der Waals surface area contributed by atoms with Crippen molar-refractivity contribution in [2.45, 2.75) is 56.2 Å². The summed E-state index contributed by atoms with van der Waals surface area (Å²) >= 11 is 13.1. The average Bonchev–Trinajstić information content (AvgIpc) is 3.40. The molecule has 11 heteroatoms. The highest BCUT2D eigenvalue weighted by atomic mass is 35.5. The van der Waals surface area contributed by atoms with Crippen LogP contribution in [0.25, 0.3) is 10.9 Å². The lowest BCUT2D eigenvalue weighted by Gasteiger charge is -2.28. The fourth-order valence-corrected chi connectivity index (χ4v) is 7.59. The molecule has 5 rings (SSSR count). The molecule has 3 aromatic rings. The van der Waals surface area contributed by atoms with Crippen molar-refractivity contribution in [1.82, 2.24) is 19.9 Å². The maximum atomic E-state index is 13.8. The number of ether oxygens (including phenoxy) is 1. The Morgan fingerprint density at radius 2 is 1.92 bits per heavy atom. The Bertz CT molecular complexity index is 1460. The number of nitrogens with zero attached hydrogens (tertiary/aromatic N) is 2. The lowest BCUT2D eigenvalue weighted by atomic mass is 10.1. The number of fused-ring (bicyclic) bond motifs is 1. The zero-order valence-corrected chi connectivity index (χ0v) is 23.4. The monoisotopic (exact) mass is 576 g/mol. The lowest BCUT2D eigenvalue weighted by molar-refractivity contribution is -0.125. The van der Waals surface area contributed by atoms with Gasteiger partial charge in [-0.05, 0) is 70.0 Å². The molecule has 2 aliphatic rings. The predicted molar refractivity (Wildman–Crippen MR) is 148 cm³/mol. The number of aromatic nitrogens is 1. The molecule has 2 fully saturated rings. The Hall–Kier alpha value is -2.43. The number of nitrogens with one attached hydrogen (secondary N) is 2. The van der Waals surface area contributed by atoms with Crippen LogP contribution in [0, 0.1) is 6.92 Å². The zero-order chi connectivity index (χ0) is 26.9. The summed E-state index contributed by atoms with van der Waals surface area (Å²) in [4.78, 5) is 17.6. The third-order valence-electron chi connectivity index (χ3n) is 7.12. The zero-order valence-electron chi connectivity index (χ0n) is 21.0. The number of halogens is 2. The molecule has 0 spiro atoms. The molecule has 0 unspecified atom stereocenters. The van der Waals surface area contributed by atoms with Crippen LogP contribution >= 0.6 is 23.2 Å². The van der Waals surface area contributed by atoms with Gasteiger partial charge in [-0.25, -0.2) is 13.4 Å². The third kappa shape index (κ3) is 5.49. The van der Waals surface area contributed by atoms with Crippen LogP contribution in [-0.2, 0) is 21.4 Å². The minimum atomic E-state index is -4.07. The van der Waals surface area contributed by atoms with Crippen LogP contribution in [0.15, 0.2) is 47.4 Å². The first-order valence-electron chi connectivity index (χ1n) is 12.7. The molecule has 202 valence electrons. The van der Waals surface area contributed by atoms with E-state index in [1.807, 2.05) is 31.2 Å². The van der Waals surface area contributed by atoms with Gasteiger partial charge >= 0.3 is 0 Å². The number of aryl methyl sites for hydroxylation is 1. The molecular formula is C27H30Cl2N4O4S. The van der Waals surface area contributed by atoms with E-state index in [0.29, 0.717) is 34.7 Å². The normalized spacial score (nSPS) is 19.1. The molecule has 2 N–H and O–H groups in total. The number of piperidine rings is 1. The first-order chi connectivity index (χ1) is 18.3. The SMILES string of the molecule is Cc1ccc2cccc(OCc3c(Cl)ccc(S(=O)(=O)N4CCC[C@H]4C(=O)NC4CCNCC4)c3Cl)c2n1. The maximum Gasteiger partial charge on any atom is 0.245 e. The first-order valence-corrected chi connectivity index (χ1v) is 14.9. The smallest absolute Gasteiger partial charge is 0.245 e. The number of hydrogen-bond donors (Lipinski definition) is 2. The number of amides is 1. The fraction of sp³-hybridized carbons (Fsp3) is 0.407. The van der Waals surface area contributed by atoms with Gasteiger partial charge in [-0.15, -0.1) is 0 Å². The summed E-state index contributed by atoms with van der Waals surface area (Å²) in [7, 11) is -4.07. The second-order valence-corrected chi connectivity index (χ2v) is 12.4. The summed E-state index contributed by atoms with van der Waals surface area (Å²) in [5, 5.41) is 7.51. The Morgan fingerprint density at radius 3 is 2.71 bits per heavy atom. The summed E-state index contributed by atoms with van der Waals surface area (Å²) in [6, 6.07) is 11.7. The lowest BCUT2D eigenvalue weighted by Crippen LogP contribution is -2.51. The van der Waals surface area contributed by atoms with Crippen LogP contribution in [0.1, 0.15) is 36.9 Å². The Labute approximate surface area is 232 Å². The number of pyridine rings is 1. The number of benzene rings is 2. The van der Waals surface area contributed by atoms with E-state index in [1.54, 1.807) is 6.07 Å². The van der Waals surface area contributed by atoms with E-state index in [-0.39, 0.29) is 35.0 Å². The van der Waals surface area contributed by atoms with Crippen LogP contribution in [0.3, 0.4) is 0 Å². The van der Waals surface area contributed by atoms with E-state index in [2.05, 4.69) is 15.6 Å². The second kappa shape index (κ2) is 11.4. The van der Waals surface area contributed by atoms with Crippen molar-refractivity contribution >= 4 is 50.0 Å². The molecule has 0 bridgehead atoms. The van der Waals surface area contributed by atoms with Crippen molar-refractivity contribution in [3.8, 4) is 5.75 Å². The number of carbonyl (C=O) groups excluding carboxylic acids is 1. The summed E-state index contributed by atoms with van der Waals surface area (Å²) in [5.74, 6) is 0.283. The number of carbonyl (C=O) groups is 1. The Kier molecular flexibility index (Phi) is 8.11. The van der Waals surface area contributed by atoms with Gasteiger partial charge in [0.2, 0.25) is 15.9 Å². The topological polar surface area (TPSA) is 101 Å². The van der Waals surface area contributed by atoms with E-state index in [1.165, 1.54) is 16.4 Å². The van der Waals surface area contributed by atoms with Crippen LogP contribution in [-0.4, -0.2) is 55.3 Å². The number of rotatable bonds is 7. The third-order valence-corrected chi connectivity index (χ3v) is 9.97. The summed E-state index contributed by atoms with van der Waals surface area (Å²) in [6.07, 6.45) is 2.70. The summed E-state index contributed by atoms with van der Waals surface area (Å²) in [6.45, 7) is 3.76. The van der Waals surface area contributed by atoms with Crippen molar-refractivity contribution < 1.29 is 17.9 Å². The number of para-hydroxylation sites is 1. The minimum Gasteiger partial charge on any atom is -0.487 e. The standard InChI is InChI=1S/C27H30Cl2N4O4S/c1-17-7-8-18-4-2-6-23(26(18)31-17)37-16-20-21(28)9-10-24(25(20)29)38(35,36)33-15-3-5-22(33)27(34)32-19-11-13-30-14-12-19/h2,4,6-10,19,22,30H,3,5,11-16H2,1H3,(H,32,34)/t22-/m0/s1. The summed E-state index contributed by atoms with van der Waals surface area (Å²) < 4.78 is 34.9. The van der Waals surface area contributed by atoms with Gasteiger partial charge in [0, 0.05) is 34.3 Å². The molecule has 38 heavy (non-hydrogen) atoms. The molecule has 0 saturated carbocycles. The van der Waals surface area contributed by atoms with E-state index < -0.39 is 16.1 Å². The average molecular weight is 578 g/mol. The van der Waals surface area contributed by atoms with Gasteiger partial charge in [0.15, 0.2) is 0 Å². The van der Waals surface area contributed by atoms with Gasteiger partial charge in [0.1, 0.15) is 28.8 Å². The summed E-state index contributed by atoms with van der Waals surface area (Å²) in [5.41, 5.74) is 1.90. The second-order valence-electron chi connectivity index (χ2n) is 9.71. The molecule has 0 aliphatic carbocycles. The molecule has 3 heterocycles. The van der Waals surface area contributed by atoms with E-state index in [9.17, 15) is 13.2 Å². The Balaban J connectivity index is 1.39. The van der Waals surface area contributed by atoms with Gasteiger partial charge in [-0.3, -0.25) is 4.79 Å². The molecule has 2 aliphatic heterocycles. The van der Waals surface area contributed by atoms with Gasteiger partial charge in [0.25, 0.3) is 0 Å². The maximum absolute atomic E-state index is 13.8. The van der Waals surface area contributed by atoms with E-state index >= 15 is 0 Å². The highest BCUT2D eigenvalue weighted by Crippen LogP contribution is 2.36. The highest BCUT2D eigenvalue weighted by molar-refractivity contribution is 7.89. The minimum absolute atomic E-state index is 0.00807.